The van der Waals surface area contributed by atoms with E-state index < -0.39 is 0 Å². The molecule has 2 unspecified atom stereocenters. The Hall–Kier alpha value is -0.0400. The molecule has 0 aliphatic heterocycles. The van der Waals surface area contributed by atoms with Crippen LogP contribution in [0.25, 0.3) is 0 Å². The van der Waals surface area contributed by atoms with Crippen LogP contribution in [0.15, 0.2) is 0 Å². The number of rotatable bonds is 5. The van der Waals surface area contributed by atoms with Gasteiger partial charge in [-0.3, -0.25) is 0 Å². The molecule has 2 atom stereocenters. The van der Waals surface area contributed by atoms with Crippen molar-refractivity contribution in [2.24, 2.45) is 11.8 Å². The lowest BCUT2D eigenvalue weighted by Crippen LogP contribution is -2.25. The molecule has 0 saturated heterocycles. The highest BCUT2D eigenvalue weighted by Crippen LogP contribution is 2.34. The van der Waals surface area contributed by atoms with Crippen molar-refractivity contribution in [2.75, 3.05) is 0 Å². The van der Waals surface area contributed by atoms with Gasteiger partial charge in [-0.25, -0.2) is 0 Å². The minimum absolute atomic E-state index is 0.00459. The molecule has 1 fully saturated rings. The minimum Gasteiger partial charge on any atom is -0.393 e. The maximum Gasteiger partial charge on any atom is 0.0543 e. The molecule has 1 saturated carbocycles. The quantitative estimate of drug-likeness (QED) is 0.713. The largest absolute Gasteiger partial charge is 0.393 e. The lowest BCUT2D eigenvalue weighted by Gasteiger charge is -2.32. The molecule has 84 valence electrons. The molecule has 1 aliphatic carbocycles. The highest BCUT2D eigenvalue weighted by atomic mass is 16.3. The Morgan fingerprint density at radius 1 is 1.14 bits per heavy atom. The Morgan fingerprint density at radius 3 is 2.29 bits per heavy atom. The van der Waals surface area contributed by atoms with Crippen LogP contribution in [0.2, 0.25) is 0 Å². The smallest absolute Gasteiger partial charge is 0.0543 e. The van der Waals surface area contributed by atoms with Gasteiger partial charge in [0.05, 0.1) is 6.10 Å². The van der Waals surface area contributed by atoms with E-state index in [4.69, 9.17) is 0 Å². The molecule has 0 radical (unpaired) electrons. The third-order valence-corrected chi connectivity index (χ3v) is 3.67. The van der Waals surface area contributed by atoms with Gasteiger partial charge in [0.2, 0.25) is 0 Å². The van der Waals surface area contributed by atoms with E-state index in [1.165, 1.54) is 38.5 Å². The maximum atomic E-state index is 9.66. The molecule has 0 amide bonds. The van der Waals surface area contributed by atoms with E-state index in [1.54, 1.807) is 0 Å². The zero-order chi connectivity index (χ0) is 10.4. The molecule has 1 rings (SSSR count). The molecular formula is C13H26O. The van der Waals surface area contributed by atoms with Gasteiger partial charge in [-0.2, -0.15) is 0 Å². The van der Waals surface area contributed by atoms with Gasteiger partial charge in [0.15, 0.2) is 0 Å². The van der Waals surface area contributed by atoms with Crippen molar-refractivity contribution < 1.29 is 5.11 Å². The zero-order valence-corrected chi connectivity index (χ0v) is 9.84. The summed E-state index contributed by atoms with van der Waals surface area (Å²) >= 11 is 0. The number of aliphatic hydroxyl groups excluding tert-OH is 1. The van der Waals surface area contributed by atoms with Crippen LogP contribution < -0.4 is 0 Å². The summed E-state index contributed by atoms with van der Waals surface area (Å²) in [5.74, 6) is 1.71. The summed E-state index contributed by atoms with van der Waals surface area (Å²) in [6.07, 6.45) is 10.1. The molecule has 1 nitrogen and oxygen atoms in total. The van der Waals surface area contributed by atoms with Gasteiger partial charge in [0.25, 0.3) is 0 Å². The van der Waals surface area contributed by atoms with Gasteiger partial charge in [0, 0.05) is 0 Å². The van der Waals surface area contributed by atoms with Crippen LogP contribution >= 0.6 is 0 Å². The van der Waals surface area contributed by atoms with E-state index in [2.05, 4.69) is 13.8 Å². The maximum absolute atomic E-state index is 9.66. The monoisotopic (exact) mass is 198 g/mol. The third kappa shape index (κ3) is 3.61. The predicted octanol–water partition coefficient (Wildman–Crippen LogP) is 3.75. The topological polar surface area (TPSA) is 20.2 Å². The molecule has 0 bridgehead atoms. The van der Waals surface area contributed by atoms with E-state index in [1.807, 2.05) is 0 Å². The van der Waals surface area contributed by atoms with Crippen LogP contribution in [0.4, 0.5) is 0 Å². The Morgan fingerprint density at radius 2 is 1.79 bits per heavy atom. The predicted molar refractivity (Wildman–Crippen MR) is 61.3 cm³/mol. The van der Waals surface area contributed by atoms with Crippen molar-refractivity contribution in [2.45, 2.75) is 71.3 Å². The van der Waals surface area contributed by atoms with Crippen LogP contribution in [0.1, 0.15) is 65.2 Å². The van der Waals surface area contributed by atoms with Crippen molar-refractivity contribution >= 4 is 0 Å². The highest BCUT2D eigenvalue weighted by molar-refractivity contribution is 4.77. The van der Waals surface area contributed by atoms with E-state index in [-0.39, 0.29) is 6.10 Å². The molecule has 1 aliphatic rings. The Balaban J connectivity index is 2.39. The second-order valence-corrected chi connectivity index (χ2v) is 4.92. The SMILES string of the molecule is CCCC(CCC)C1CCCC(O)C1. The standard InChI is InChI=1S/C13H26O/c1-3-6-11(7-4-2)12-8-5-9-13(14)10-12/h11-14H,3-10H2,1-2H3. The molecule has 1 heteroatoms. The second kappa shape index (κ2) is 6.44. The highest BCUT2D eigenvalue weighted by Gasteiger charge is 2.26. The van der Waals surface area contributed by atoms with Crippen molar-refractivity contribution in [1.29, 1.82) is 0 Å². The fraction of sp³-hybridized carbons (Fsp3) is 1.00. The van der Waals surface area contributed by atoms with Crippen molar-refractivity contribution in [3.63, 3.8) is 0 Å². The summed E-state index contributed by atoms with van der Waals surface area (Å²) in [4.78, 5) is 0. The van der Waals surface area contributed by atoms with E-state index >= 15 is 0 Å². The fourth-order valence-corrected chi connectivity index (χ4v) is 2.99. The first-order chi connectivity index (χ1) is 6.77. The lowest BCUT2D eigenvalue weighted by atomic mass is 9.75. The Kier molecular flexibility index (Phi) is 5.54. The first kappa shape index (κ1) is 12.0. The molecular weight excluding hydrogens is 172 g/mol. The molecule has 0 spiro atoms. The van der Waals surface area contributed by atoms with Crippen LogP contribution in [0, 0.1) is 11.8 Å². The van der Waals surface area contributed by atoms with Gasteiger partial charge in [-0.1, -0.05) is 46.0 Å². The normalized spacial score (nSPS) is 28.3. The summed E-state index contributed by atoms with van der Waals surface area (Å²) in [5.41, 5.74) is 0. The van der Waals surface area contributed by atoms with E-state index in [0.717, 1.165) is 24.7 Å². The number of hydrogen-bond acceptors (Lipinski definition) is 1. The van der Waals surface area contributed by atoms with Gasteiger partial charge in [-0.15, -0.1) is 0 Å². The Bertz CT molecular complexity index is 135. The summed E-state index contributed by atoms with van der Waals surface area (Å²) in [5, 5.41) is 9.66. The average molecular weight is 198 g/mol. The summed E-state index contributed by atoms with van der Waals surface area (Å²) in [6.45, 7) is 4.56. The van der Waals surface area contributed by atoms with E-state index in [9.17, 15) is 5.11 Å². The minimum atomic E-state index is 0.00459. The van der Waals surface area contributed by atoms with Gasteiger partial charge >= 0.3 is 0 Å². The van der Waals surface area contributed by atoms with Crippen LogP contribution in [-0.2, 0) is 0 Å². The molecule has 0 aromatic carbocycles. The molecule has 14 heavy (non-hydrogen) atoms. The van der Waals surface area contributed by atoms with Gasteiger partial charge in [0.1, 0.15) is 0 Å². The first-order valence-corrected chi connectivity index (χ1v) is 6.46. The van der Waals surface area contributed by atoms with Crippen molar-refractivity contribution in [3.05, 3.63) is 0 Å². The molecule has 0 heterocycles. The van der Waals surface area contributed by atoms with Crippen molar-refractivity contribution in [1.82, 2.24) is 0 Å². The van der Waals surface area contributed by atoms with E-state index in [0.29, 0.717) is 0 Å². The first-order valence-electron chi connectivity index (χ1n) is 6.46. The van der Waals surface area contributed by atoms with Crippen LogP contribution in [-0.4, -0.2) is 11.2 Å². The van der Waals surface area contributed by atoms with Crippen LogP contribution in [0.3, 0.4) is 0 Å². The summed E-state index contributed by atoms with van der Waals surface area (Å²) in [6, 6.07) is 0. The second-order valence-electron chi connectivity index (χ2n) is 4.92. The fourth-order valence-electron chi connectivity index (χ4n) is 2.99. The van der Waals surface area contributed by atoms with Gasteiger partial charge in [-0.05, 0) is 31.1 Å². The van der Waals surface area contributed by atoms with Crippen LogP contribution in [0.5, 0.6) is 0 Å². The van der Waals surface area contributed by atoms with Gasteiger partial charge < -0.3 is 5.11 Å². The molecule has 0 aromatic heterocycles. The van der Waals surface area contributed by atoms with Crippen molar-refractivity contribution in [3.8, 4) is 0 Å². The average Bonchev–Trinajstić information content (AvgIpc) is 2.17. The summed E-state index contributed by atoms with van der Waals surface area (Å²) < 4.78 is 0. The summed E-state index contributed by atoms with van der Waals surface area (Å²) in [7, 11) is 0. The number of hydrogen-bond donors (Lipinski definition) is 1. The Labute approximate surface area is 88.9 Å². The lowest BCUT2D eigenvalue weighted by molar-refractivity contribution is 0.0747. The third-order valence-electron chi connectivity index (χ3n) is 3.67. The molecule has 1 N–H and O–H groups in total. The zero-order valence-electron chi connectivity index (χ0n) is 9.84. The number of aliphatic hydroxyl groups is 1. The molecule has 0 aromatic rings.